The van der Waals surface area contributed by atoms with Crippen molar-refractivity contribution < 1.29 is 4.79 Å². The van der Waals surface area contributed by atoms with Crippen molar-refractivity contribution in [1.82, 2.24) is 25.1 Å². The lowest BCUT2D eigenvalue weighted by Gasteiger charge is -2.07. The smallest absolute Gasteiger partial charge is 0.254 e. The van der Waals surface area contributed by atoms with Crippen LogP contribution in [0.25, 0.3) is 11.4 Å². The lowest BCUT2D eigenvalue weighted by Crippen LogP contribution is -2.25. The minimum absolute atomic E-state index is 0.159. The van der Waals surface area contributed by atoms with E-state index < -0.39 is 0 Å². The third-order valence-electron chi connectivity index (χ3n) is 3.88. The Balaban J connectivity index is 1.50. The maximum absolute atomic E-state index is 12.2. The Morgan fingerprint density at radius 3 is 2.48 bits per heavy atom. The van der Waals surface area contributed by atoms with Crippen LogP contribution in [0.3, 0.4) is 0 Å². The summed E-state index contributed by atoms with van der Waals surface area (Å²) in [6, 6.07) is 11.7. The van der Waals surface area contributed by atoms with Crippen LogP contribution in [0, 0.1) is 13.8 Å². The first kappa shape index (κ1) is 16.8. The van der Waals surface area contributed by atoms with Gasteiger partial charge in [-0.15, -0.1) is 0 Å². The molecule has 6 heteroatoms. The fourth-order valence-corrected chi connectivity index (χ4v) is 2.62. The number of nitrogens with zero attached hydrogens (tertiary/aromatic N) is 4. The summed E-state index contributed by atoms with van der Waals surface area (Å²) >= 11 is 0. The molecule has 1 amide bonds. The number of amides is 1. The summed E-state index contributed by atoms with van der Waals surface area (Å²) < 4.78 is 1.96. The van der Waals surface area contributed by atoms with Crippen LogP contribution in [0.5, 0.6) is 0 Å². The Morgan fingerprint density at radius 1 is 1.12 bits per heavy atom. The van der Waals surface area contributed by atoms with Gasteiger partial charge in [0.25, 0.3) is 5.91 Å². The quantitative estimate of drug-likeness (QED) is 0.703. The standard InChI is InChI=1S/C19H21N5O/c1-14-11-15(2)24(23-14)10-6-9-20-19(25)17-12-21-18(22-13-17)16-7-4-3-5-8-16/h3-5,7-8,11-13H,6,9-10H2,1-2H3,(H,20,25). The van der Waals surface area contributed by atoms with Gasteiger partial charge in [0.1, 0.15) is 0 Å². The molecule has 0 aliphatic carbocycles. The SMILES string of the molecule is Cc1cc(C)n(CCCNC(=O)c2cnc(-c3ccccc3)nc2)n1. The number of aromatic nitrogens is 4. The molecule has 0 aliphatic heterocycles. The van der Waals surface area contributed by atoms with E-state index in [9.17, 15) is 4.79 Å². The van der Waals surface area contributed by atoms with Crippen LogP contribution in [-0.4, -0.2) is 32.2 Å². The Labute approximate surface area is 146 Å². The molecule has 2 aromatic heterocycles. The highest BCUT2D eigenvalue weighted by molar-refractivity contribution is 5.93. The number of carbonyl (C=O) groups is 1. The van der Waals surface area contributed by atoms with Crippen LogP contribution in [0.4, 0.5) is 0 Å². The Hall–Kier alpha value is -3.02. The Bertz CT molecular complexity index is 840. The second-order valence-corrected chi connectivity index (χ2v) is 5.92. The highest BCUT2D eigenvalue weighted by atomic mass is 16.1. The van der Waals surface area contributed by atoms with E-state index in [2.05, 4.69) is 20.4 Å². The zero-order valence-electron chi connectivity index (χ0n) is 14.4. The first-order chi connectivity index (χ1) is 12.1. The molecule has 2 heterocycles. The molecule has 25 heavy (non-hydrogen) atoms. The van der Waals surface area contributed by atoms with Crippen LogP contribution >= 0.6 is 0 Å². The number of hydrogen-bond acceptors (Lipinski definition) is 4. The van der Waals surface area contributed by atoms with E-state index in [1.807, 2.05) is 54.9 Å². The number of rotatable bonds is 6. The summed E-state index contributed by atoms with van der Waals surface area (Å²) in [5, 5.41) is 7.30. The molecular weight excluding hydrogens is 314 g/mol. The van der Waals surface area contributed by atoms with Gasteiger partial charge in [0, 0.05) is 36.7 Å². The number of benzene rings is 1. The molecule has 0 saturated heterocycles. The molecule has 3 aromatic rings. The summed E-state index contributed by atoms with van der Waals surface area (Å²) in [4.78, 5) is 20.7. The van der Waals surface area contributed by atoms with E-state index in [0.29, 0.717) is 17.9 Å². The number of nitrogens with one attached hydrogen (secondary N) is 1. The average molecular weight is 335 g/mol. The minimum Gasteiger partial charge on any atom is -0.352 e. The first-order valence-electron chi connectivity index (χ1n) is 8.30. The van der Waals surface area contributed by atoms with E-state index in [1.165, 1.54) is 0 Å². The van der Waals surface area contributed by atoms with Gasteiger partial charge in [0.05, 0.1) is 11.3 Å². The summed E-state index contributed by atoms with van der Waals surface area (Å²) in [6.07, 6.45) is 3.94. The second kappa shape index (κ2) is 7.70. The molecule has 0 spiro atoms. The Morgan fingerprint density at radius 2 is 1.84 bits per heavy atom. The average Bonchev–Trinajstić information content (AvgIpc) is 2.97. The van der Waals surface area contributed by atoms with E-state index in [-0.39, 0.29) is 5.91 Å². The summed E-state index contributed by atoms with van der Waals surface area (Å²) in [7, 11) is 0. The van der Waals surface area contributed by atoms with Crippen molar-refractivity contribution >= 4 is 5.91 Å². The zero-order valence-corrected chi connectivity index (χ0v) is 14.4. The van der Waals surface area contributed by atoms with E-state index in [1.54, 1.807) is 12.4 Å². The summed E-state index contributed by atoms with van der Waals surface area (Å²) in [5.74, 6) is 0.453. The molecule has 3 rings (SSSR count). The summed E-state index contributed by atoms with van der Waals surface area (Å²) in [5.41, 5.74) is 3.54. The maximum Gasteiger partial charge on any atom is 0.254 e. The molecule has 128 valence electrons. The van der Waals surface area contributed by atoms with Crippen LogP contribution in [-0.2, 0) is 6.54 Å². The second-order valence-electron chi connectivity index (χ2n) is 5.92. The highest BCUT2D eigenvalue weighted by Crippen LogP contribution is 2.13. The predicted molar refractivity (Wildman–Crippen MR) is 96.1 cm³/mol. The molecule has 1 N–H and O–H groups in total. The fraction of sp³-hybridized carbons (Fsp3) is 0.263. The van der Waals surface area contributed by atoms with E-state index >= 15 is 0 Å². The van der Waals surface area contributed by atoms with Crippen molar-refractivity contribution in [2.45, 2.75) is 26.8 Å². The summed E-state index contributed by atoms with van der Waals surface area (Å²) in [6.45, 7) is 5.37. The highest BCUT2D eigenvalue weighted by Gasteiger charge is 2.08. The van der Waals surface area contributed by atoms with Crippen molar-refractivity contribution in [1.29, 1.82) is 0 Å². The molecule has 0 saturated carbocycles. The largest absolute Gasteiger partial charge is 0.352 e. The van der Waals surface area contributed by atoms with Gasteiger partial charge >= 0.3 is 0 Å². The molecule has 0 unspecified atom stereocenters. The third kappa shape index (κ3) is 4.29. The van der Waals surface area contributed by atoms with Gasteiger partial charge in [0.2, 0.25) is 0 Å². The fourth-order valence-electron chi connectivity index (χ4n) is 2.62. The number of hydrogen-bond donors (Lipinski definition) is 1. The van der Waals surface area contributed by atoms with E-state index in [4.69, 9.17) is 0 Å². The van der Waals surface area contributed by atoms with Crippen LogP contribution in [0.15, 0.2) is 48.8 Å². The van der Waals surface area contributed by atoms with Gasteiger partial charge in [-0.1, -0.05) is 30.3 Å². The van der Waals surface area contributed by atoms with Crippen LogP contribution in [0.2, 0.25) is 0 Å². The van der Waals surface area contributed by atoms with Gasteiger partial charge in [-0.2, -0.15) is 5.10 Å². The molecule has 0 aliphatic rings. The first-order valence-corrected chi connectivity index (χ1v) is 8.30. The molecular formula is C19H21N5O. The lowest BCUT2D eigenvalue weighted by atomic mass is 10.2. The molecule has 0 atom stereocenters. The van der Waals surface area contributed by atoms with Crippen LogP contribution < -0.4 is 5.32 Å². The van der Waals surface area contributed by atoms with Crippen LogP contribution in [0.1, 0.15) is 28.2 Å². The third-order valence-corrected chi connectivity index (χ3v) is 3.88. The number of aryl methyl sites for hydroxylation is 3. The molecule has 1 aromatic carbocycles. The molecule has 6 nitrogen and oxygen atoms in total. The van der Waals surface area contributed by atoms with Gasteiger partial charge in [-0.05, 0) is 26.3 Å². The van der Waals surface area contributed by atoms with Gasteiger partial charge in [-0.25, -0.2) is 9.97 Å². The zero-order chi connectivity index (χ0) is 17.6. The van der Waals surface area contributed by atoms with Crippen molar-refractivity contribution in [3.05, 3.63) is 65.7 Å². The lowest BCUT2D eigenvalue weighted by molar-refractivity contribution is 0.0952. The van der Waals surface area contributed by atoms with Gasteiger partial charge < -0.3 is 5.32 Å². The molecule has 0 radical (unpaired) electrons. The van der Waals surface area contributed by atoms with Gasteiger partial charge in [-0.3, -0.25) is 9.48 Å². The number of carbonyl (C=O) groups excluding carboxylic acids is 1. The van der Waals surface area contributed by atoms with Crippen molar-refractivity contribution in [3.8, 4) is 11.4 Å². The van der Waals surface area contributed by atoms with E-state index in [0.717, 1.165) is 29.9 Å². The van der Waals surface area contributed by atoms with Gasteiger partial charge in [0.15, 0.2) is 5.82 Å². The molecule has 0 bridgehead atoms. The normalized spacial score (nSPS) is 10.6. The van der Waals surface area contributed by atoms with Crippen molar-refractivity contribution in [3.63, 3.8) is 0 Å². The minimum atomic E-state index is -0.159. The molecule has 0 fully saturated rings. The topological polar surface area (TPSA) is 72.7 Å². The van der Waals surface area contributed by atoms with Crippen molar-refractivity contribution in [2.24, 2.45) is 0 Å². The monoisotopic (exact) mass is 335 g/mol. The Kier molecular flexibility index (Phi) is 5.18. The maximum atomic E-state index is 12.2. The van der Waals surface area contributed by atoms with Crippen molar-refractivity contribution in [2.75, 3.05) is 6.54 Å². The predicted octanol–water partition coefficient (Wildman–Crippen LogP) is 2.78.